The van der Waals surface area contributed by atoms with E-state index in [1.54, 1.807) is 13.3 Å². The van der Waals surface area contributed by atoms with E-state index < -0.39 is 0 Å². The zero-order valence-electron chi connectivity index (χ0n) is 10.8. The average Bonchev–Trinajstić information content (AvgIpc) is 2.86. The van der Waals surface area contributed by atoms with Crippen LogP contribution in [0.3, 0.4) is 0 Å². The Labute approximate surface area is 120 Å². The van der Waals surface area contributed by atoms with E-state index in [2.05, 4.69) is 15.3 Å². The first-order valence-corrected chi connectivity index (χ1v) is 6.76. The molecule has 7 heteroatoms. The topological polar surface area (TPSA) is 56.3 Å². The molecule has 0 aromatic carbocycles. The highest BCUT2D eigenvalue weighted by atomic mass is 35.5. The third-order valence-electron chi connectivity index (χ3n) is 2.59. The van der Waals surface area contributed by atoms with E-state index in [1.165, 1.54) is 18.4 Å². The first kappa shape index (κ1) is 14.0. The van der Waals surface area contributed by atoms with Crippen LogP contribution in [0.15, 0.2) is 18.3 Å². The molecular weight excluding hydrogens is 286 g/mol. The molecule has 1 atom stereocenters. The normalized spacial score (nSPS) is 12.2. The zero-order valence-corrected chi connectivity index (χ0v) is 12.4. The predicted molar refractivity (Wildman–Crippen MR) is 75.4 cm³/mol. The first-order valence-electron chi connectivity index (χ1n) is 5.57. The van der Waals surface area contributed by atoms with Crippen LogP contribution in [0.1, 0.15) is 16.6 Å². The SMILES string of the molecule is CNC(c1ccc(Cl)s1)c1ncc(OC)nc1OC. The van der Waals surface area contributed by atoms with Gasteiger partial charge in [0, 0.05) is 4.88 Å². The van der Waals surface area contributed by atoms with Crippen molar-refractivity contribution in [3.8, 4) is 11.8 Å². The molecule has 1 N–H and O–H groups in total. The van der Waals surface area contributed by atoms with Crippen LogP contribution in [0.4, 0.5) is 0 Å². The molecule has 2 heterocycles. The fourth-order valence-electron chi connectivity index (χ4n) is 1.71. The van der Waals surface area contributed by atoms with Crippen molar-refractivity contribution in [3.05, 3.63) is 33.2 Å². The summed E-state index contributed by atoms with van der Waals surface area (Å²) in [5.41, 5.74) is 0.698. The summed E-state index contributed by atoms with van der Waals surface area (Å²) >= 11 is 7.47. The minimum absolute atomic E-state index is 0.120. The Morgan fingerprint density at radius 1 is 1.32 bits per heavy atom. The summed E-state index contributed by atoms with van der Waals surface area (Å²) in [4.78, 5) is 9.65. The van der Waals surface area contributed by atoms with Gasteiger partial charge in [-0.15, -0.1) is 11.3 Å². The standard InChI is InChI=1S/C12H14ClN3O2S/c1-14-10(7-4-5-8(13)19-7)11-12(18-3)16-9(17-2)6-15-11/h4-6,10,14H,1-3H3. The van der Waals surface area contributed by atoms with E-state index in [1.807, 2.05) is 19.2 Å². The van der Waals surface area contributed by atoms with Crippen molar-refractivity contribution in [2.24, 2.45) is 0 Å². The van der Waals surface area contributed by atoms with Gasteiger partial charge in [-0.05, 0) is 19.2 Å². The lowest BCUT2D eigenvalue weighted by molar-refractivity contribution is 0.353. The highest BCUT2D eigenvalue weighted by molar-refractivity contribution is 7.16. The van der Waals surface area contributed by atoms with Gasteiger partial charge in [0.15, 0.2) is 0 Å². The minimum atomic E-state index is -0.120. The summed E-state index contributed by atoms with van der Waals surface area (Å²) in [6, 6.07) is 3.69. The van der Waals surface area contributed by atoms with Gasteiger partial charge < -0.3 is 14.8 Å². The second-order valence-corrected chi connectivity index (χ2v) is 5.42. The fraction of sp³-hybridized carbons (Fsp3) is 0.333. The molecule has 1 unspecified atom stereocenters. The van der Waals surface area contributed by atoms with E-state index in [9.17, 15) is 0 Å². The third kappa shape index (κ3) is 2.97. The maximum atomic E-state index is 5.97. The van der Waals surface area contributed by atoms with Gasteiger partial charge in [0.05, 0.1) is 30.8 Å². The van der Waals surface area contributed by atoms with Crippen LogP contribution in [0.2, 0.25) is 4.34 Å². The maximum absolute atomic E-state index is 5.97. The van der Waals surface area contributed by atoms with Crippen LogP contribution in [0.5, 0.6) is 11.8 Å². The van der Waals surface area contributed by atoms with Crippen LogP contribution in [0.25, 0.3) is 0 Å². The van der Waals surface area contributed by atoms with Gasteiger partial charge in [0.1, 0.15) is 5.69 Å². The van der Waals surface area contributed by atoms with E-state index in [4.69, 9.17) is 21.1 Å². The molecule has 0 bridgehead atoms. The number of ether oxygens (including phenoxy) is 2. The Bertz CT molecular complexity index is 562. The van der Waals surface area contributed by atoms with Crippen molar-refractivity contribution in [2.45, 2.75) is 6.04 Å². The van der Waals surface area contributed by atoms with Gasteiger partial charge in [-0.25, -0.2) is 4.98 Å². The van der Waals surface area contributed by atoms with Gasteiger partial charge in [0.2, 0.25) is 11.8 Å². The molecule has 0 saturated heterocycles. The smallest absolute Gasteiger partial charge is 0.240 e. The molecular formula is C12H14ClN3O2S. The molecule has 0 fully saturated rings. The summed E-state index contributed by atoms with van der Waals surface area (Å²) in [5.74, 6) is 0.850. The summed E-state index contributed by atoms with van der Waals surface area (Å²) < 4.78 is 11.1. The van der Waals surface area contributed by atoms with Crippen LogP contribution < -0.4 is 14.8 Å². The Kier molecular flexibility index (Phi) is 4.57. The lowest BCUT2D eigenvalue weighted by Gasteiger charge is -2.16. The molecule has 19 heavy (non-hydrogen) atoms. The second kappa shape index (κ2) is 6.18. The van der Waals surface area contributed by atoms with Crippen LogP contribution in [-0.4, -0.2) is 31.2 Å². The molecule has 2 rings (SSSR count). The zero-order chi connectivity index (χ0) is 13.8. The molecule has 0 aliphatic heterocycles. The van der Waals surface area contributed by atoms with Crippen molar-refractivity contribution in [1.29, 1.82) is 0 Å². The van der Waals surface area contributed by atoms with Crippen LogP contribution in [0, 0.1) is 0 Å². The lowest BCUT2D eigenvalue weighted by atomic mass is 10.1. The van der Waals surface area contributed by atoms with Crippen molar-refractivity contribution < 1.29 is 9.47 Å². The summed E-state index contributed by atoms with van der Waals surface area (Å²) in [6.45, 7) is 0. The van der Waals surface area contributed by atoms with Gasteiger partial charge >= 0.3 is 0 Å². The second-order valence-electron chi connectivity index (χ2n) is 3.67. The van der Waals surface area contributed by atoms with Crippen molar-refractivity contribution in [2.75, 3.05) is 21.3 Å². The van der Waals surface area contributed by atoms with Crippen LogP contribution in [-0.2, 0) is 0 Å². The maximum Gasteiger partial charge on any atom is 0.240 e. The largest absolute Gasteiger partial charge is 0.480 e. The van der Waals surface area contributed by atoms with Gasteiger partial charge in [-0.1, -0.05) is 11.6 Å². The number of halogens is 1. The summed E-state index contributed by atoms with van der Waals surface area (Å²) in [6.07, 6.45) is 1.57. The number of aromatic nitrogens is 2. The number of hydrogen-bond donors (Lipinski definition) is 1. The van der Waals surface area contributed by atoms with E-state index in [0.717, 1.165) is 9.21 Å². The Morgan fingerprint density at radius 2 is 2.11 bits per heavy atom. The van der Waals surface area contributed by atoms with Gasteiger partial charge in [-0.3, -0.25) is 0 Å². The van der Waals surface area contributed by atoms with Crippen molar-refractivity contribution in [3.63, 3.8) is 0 Å². The lowest BCUT2D eigenvalue weighted by Crippen LogP contribution is -2.19. The van der Waals surface area contributed by atoms with Crippen LogP contribution >= 0.6 is 22.9 Å². The third-order valence-corrected chi connectivity index (χ3v) is 3.88. The number of thiophene rings is 1. The summed E-state index contributed by atoms with van der Waals surface area (Å²) in [5, 5.41) is 3.19. The molecule has 0 saturated carbocycles. The summed E-state index contributed by atoms with van der Waals surface area (Å²) in [7, 11) is 4.95. The highest BCUT2D eigenvalue weighted by Gasteiger charge is 2.21. The van der Waals surface area contributed by atoms with Crippen molar-refractivity contribution >= 4 is 22.9 Å². The number of nitrogens with zero attached hydrogens (tertiary/aromatic N) is 2. The van der Waals surface area contributed by atoms with E-state index >= 15 is 0 Å². The quantitative estimate of drug-likeness (QED) is 0.919. The Hall–Kier alpha value is -1.37. The molecule has 2 aromatic heterocycles. The monoisotopic (exact) mass is 299 g/mol. The number of methoxy groups -OCH3 is 2. The molecule has 0 aliphatic carbocycles. The van der Waals surface area contributed by atoms with Gasteiger partial charge in [-0.2, -0.15) is 4.98 Å². The number of nitrogens with one attached hydrogen (secondary N) is 1. The molecule has 0 radical (unpaired) electrons. The Balaban J connectivity index is 2.43. The Morgan fingerprint density at radius 3 is 2.63 bits per heavy atom. The highest BCUT2D eigenvalue weighted by Crippen LogP contribution is 2.33. The fourth-order valence-corrected chi connectivity index (χ4v) is 2.88. The van der Waals surface area contributed by atoms with Crippen molar-refractivity contribution in [1.82, 2.24) is 15.3 Å². The minimum Gasteiger partial charge on any atom is -0.480 e. The number of hydrogen-bond acceptors (Lipinski definition) is 6. The molecule has 0 amide bonds. The molecule has 102 valence electrons. The van der Waals surface area contributed by atoms with E-state index in [-0.39, 0.29) is 6.04 Å². The van der Waals surface area contributed by atoms with E-state index in [0.29, 0.717) is 17.5 Å². The molecule has 0 spiro atoms. The first-order chi connectivity index (χ1) is 9.19. The molecule has 5 nitrogen and oxygen atoms in total. The average molecular weight is 300 g/mol. The molecule has 2 aromatic rings. The predicted octanol–water partition coefficient (Wildman–Crippen LogP) is 2.52. The number of rotatable bonds is 5. The van der Waals surface area contributed by atoms with Gasteiger partial charge in [0.25, 0.3) is 0 Å². The molecule has 0 aliphatic rings.